The molecule has 1 amide bonds. The number of esters is 1. The van der Waals surface area contributed by atoms with Crippen molar-refractivity contribution in [3.63, 3.8) is 0 Å². The lowest BCUT2D eigenvalue weighted by atomic mass is 9.90. The summed E-state index contributed by atoms with van der Waals surface area (Å²) < 4.78 is 10.0. The number of carbonyl (C=O) groups excluding carboxylic acids is 2. The maximum atomic E-state index is 11.9. The zero-order valence-corrected chi connectivity index (χ0v) is 16.5. The number of piperidine rings is 1. The number of methoxy groups -OCH3 is 1. The molecule has 0 aromatic rings. The monoisotopic (exact) mass is 344 g/mol. The van der Waals surface area contributed by atoms with Crippen LogP contribution in [0.3, 0.4) is 0 Å². The Morgan fingerprint density at radius 1 is 1.21 bits per heavy atom. The van der Waals surface area contributed by atoms with Gasteiger partial charge in [0.05, 0.1) is 7.11 Å². The molecule has 0 spiro atoms. The molecule has 0 aromatic carbocycles. The van der Waals surface area contributed by atoms with Gasteiger partial charge in [-0.2, -0.15) is 0 Å². The highest BCUT2D eigenvalue weighted by atomic mass is 16.6. The molecular weight excluding hydrogens is 308 g/mol. The average molecular weight is 344 g/mol. The molecule has 0 aliphatic carbocycles. The first kappa shape index (κ1) is 22.7. The molecule has 6 nitrogen and oxygen atoms in total. The first-order valence-corrected chi connectivity index (χ1v) is 9.05. The number of nitrogens with zero attached hydrogens (tertiary/aromatic N) is 1. The van der Waals surface area contributed by atoms with Crippen molar-refractivity contribution in [2.45, 2.75) is 72.4 Å². The maximum Gasteiger partial charge on any atom is 0.408 e. The number of carbonyl (C=O) groups is 2. The van der Waals surface area contributed by atoms with Crippen LogP contribution < -0.4 is 5.32 Å². The van der Waals surface area contributed by atoms with Crippen LogP contribution in [-0.4, -0.2) is 55.3 Å². The topological polar surface area (TPSA) is 67.9 Å². The molecule has 1 unspecified atom stereocenters. The van der Waals surface area contributed by atoms with Crippen molar-refractivity contribution in [1.82, 2.24) is 10.2 Å². The number of nitrogens with one attached hydrogen (secondary N) is 1. The van der Waals surface area contributed by atoms with Gasteiger partial charge in [-0.3, -0.25) is 0 Å². The minimum Gasteiger partial charge on any atom is -0.467 e. The van der Waals surface area contributed by atoms with Crippen LogP contribution in [0.5, 0.6) is 0 Å². The third-order valence-electron chi connectivity index (χ3n) is 3.90. The van der Waals surface area contributed by atoms with Gasteiger partial charge < -0.3 is 19.7 Å². The minimum absolute atomic E-state index is 0.413. The second kappa shape index (κ2) is 11.3. The lowest BCUT2D eigenvalue weighted by molar-refractivity contribution is -0.143. The van der Waals surface area contributed by atoms with Gasteiger partial charge >= 0.3 is 12.1 Å². The van der Waals surface area contributed by atoms with E-state index in [2.05, 4.69) is 17.1 Å². The number of hydrogen-bond donors (Lipinski definition) is 1. The van der Waals surface area contributed by atoms with Crippen molar-refractivity contribution in [2.75, 3.05) is 26.7 Å². The molecule has 1 aliphatic heterocycles. The largest absolute Gasteiger partial charge is 0.467 e. The number of amides is 1. The lowest BCUT2D eigenvalue weighted by Gasteiger charge is -2.32. The molecule has 142 valence electrons. The van der Waals surface area contributed by atoms with Crippen LogP contribution in [0.2, 0.25) is 0 Å². The molecule has 0 radical (unpaired) electrons. The number of ether oxygens (including phenoxy) is 2. The van der Waals surface area contributed by atoms with E-state index in [9.17, 15) is 9.59 Å². The van der Waals surface area contributed by atoms with Gasteiger partial charge in [-0.1, -0.05) is 20.8 Å². The smallest absolute Gasteiger partial charge is 0.408 e. The standard InChI is InChI=1S/C16H30N2O4.C2H6/c1-6-18-9-7-12(8-10-18)11-13(14(19)21-5)17-15(20)22-16(2,3)4;1-2/h12-13H,6-11H2,1-5H3,(H,17,20);1-2H3. The van der Waals surface area contributed by atoms with Gasteiger partial charge in [-0.25, -0.2) is 9.59 Å². The van der Waals surface area contributed by atoms with Crippen molar-refractivity contribution in [3.8, 4) is 0 Å². The molecule has 0 aromatic heterocycles. The first-order valence-electron chi connectivity index (χ1n) is 9.05. The van der Waals surface area contributed by atoms with Crippen LogP contribution in [0.1, 0.15) is 60.8 Å². The third kappa shape index (κ3) is 9.11. The van der Waals surface area contributed by atoms with E-state index < -0.39 is 23.7 Å². The lowest BCUT2D eigenvalue weighted by Crippen LogP contribution is -2.46. The highest BCUT2D eigenvalue weighted by molar-refractivity contribution is 5.81. The SMILES string of the molecule is CC.CCN1CCC(CC(NC(=O)OC(C)(C)C)C(=O)OC)CC1. The fourth-order valence-corrected chi connectivity index (χ4v) is 2.68. The van der Waals surface area contributed by atoms with Gasteiger partial charge in [0.15, 0.2) is 0 Å². The molecule has 1 N–H and O–H groups in total. The zero-order valence-electron chi connectivity index (χ0n) is 16.5. The number of alkyl carbamates (subject to hydrolysis) is 1. The normalized spacial score (nSPS) is 17.3. The van der Waals surface area contributed by atoms with E-state index in [1.54, 1.807) is 20.8 Å². The summed E-state index contributed by atoms with van der Waals surface area (Å²) in [5.41, 5.74) is -0.586. The van der Waals surface area contributed by atoms with Crippen molar-refractivity contribution in [3.05, 3.63) is 0 Å². The third-order valence-corrected chi connectivity index (χ3v) is 3.90. The van der Waals surface area contributed by atoms with Gasteiger partial charge in [0.25, 0.3) is 0 Å². The molecule has 0 bridgehead atoms. The number of rotatable bonds is 5. The number of likely N-dealkylation sites (tertiary alicyclic amines) is 1. The summed E-state index contributed by atoms with van der Waals surface area (Å²) >= 11 is 0. The van der Waals surface area contributed by atoms with Gasteiger partial charge in [-0.15, -0.1) is 0 Å². The Labute approximate surface area is 147 Å². The summed E-state index contributed by atoms with van der Waals surface area (Å²) in [4.78, 5) is 26.2. The van der Waals surface area contributed by atoms with E-state index in [4.69, 9.17) is 9.47 Å². The van der Waals surface area contributed by atoms with Crippen molar-refractivity contribution in [2.24, 2.45) is 5.92 Å². The fourth-order valence-electron chi connectivity index (χ4n) is 2.68. The predicted octanol–water partition coefficient (Wildman–Crippen LogP) is 3.20. The Balaban J connectivity index is 0.00000254. The van der Waals surface area contributed by atoms with Crippen LogP contribution >= 0.6 is 0 Å². The van der Waals surface area contributed by atoms with Crippen LogP contribution in [0.4, 0.5) is 4.79 Å². The molecule has 1 atom stereocenters. The molecule has 0 saturated carbocycles. The predicted molar refractivity (Wildman–Crippen MR) is 96.0 cm³/mol. The van der Waals surface area contributed by atoms with E-state index in [1.807, 2.05) is 13.8 Å². The Kier molecular flexibility index (Phi) is 10.7. The highest BCUT2D eigenvalue weighted by Crippen LogP contribution is 2.22. The summed E-state index contributed by atoms with van der Waals surface area (Å²) in [6, 6.07) is -0.641. The highest BCUT2D eigenvalue weighted by Gasteiger charge is 2.29. The van der Waals surface area contributed by atoms with E-state index in [-0.39, 0.29) is 0 Å². The quantitative estimate of drug-likeness (QED) is 0.776. The van der Waals surface area contributed by atoms with E-state index in [1.165, 1.54) is 7.11 Å². The van der Waals surface area contributed by atoms with Gasteiger partial charge in [-0.05, 0) is 65.6 Å². The Bertz CT molecular complexity index is 372. The minimum atomic E-state index is -0.641. The average Bonchev–Trinajstić information content (AvgIpc) is 2.54. The van der Waals surface area contributed by atoms with Gasteiger partial charge in [0.2, 0.25) is 0 Å². The summed E-state index contributed by atoms with van der Waals surface area (Å²) in [6.45, 7) is 14.7. The van der Waals surface area contributed by atoms with Crippen molar-refractivity contribution in [1.29, 1.82) is 0 Å². The number of hydrogen-bond acceptors (Lipinski definition) is 5. The zero-order chi connectivity index (χ0) is 18.8. The van der Waals surface area contributed by atoms with E-state index in [0.29, 0.717) is 12.3 Å². The molecule has 1 saturated heterocycles. The second-order valence-electron chi connectivity index (χ2n) is 6.84. The van der Waals surface area contributed by atoms with Crippen molar-refractivity contribution >= 4 is 12.1 Å². The summed E-state index contributed by atoms with van der Waals surface area (Å²) in [5.74, 6) is 0.00520. The molecule has 1 fully saturated rings. The molecule has 1 aliphatic rings. The van der Waals surface area contributed by atoms with Gasteiger partial charge in [0, 0.05) is 0 Å². The van der Waals surface area contributed by atoms with E-state index >= 15 is 0 Å². The molecule has 24 heavy (non-hydrogen) atoms. The summed E-state index contributed by atoms with van der Waals surface area (Å²) in [6.07, 6.45) is 2.10. The molecule has 1 heterocycles. The molecule has 6 heteroatoms. The van der Waals surface area contributed by atoms with Crippen molar-refractivity contribution < 1.29 is 19.1 Å². The van der Waals surface area contributed by atoms with Crippen LogP contribution in [0, 0.1) is 5.92 Å². The Morgan fingerprint density at radius 2 is 1.75 bits per heavy atom. The summed E-state index contributed by atoms with van der Waals surface area (Å²) in [5, 5.41) is 2.65. The molecular formula is C18H36N2O4. The first-order chi connectivity index (χ1) is 11.2. The fraction of sp³-hybridized carbons (Fsp3) is 0.889. The molecule has 1 rings (SSSR count). The Hall–Kier alpha value is -1.30. The maximum absolute atomic E-state index is 11.9. The van der Waals surface area contributed by atoms with Crippen LogP contribution in [0.15, 0.2) is 0 Å². The summed E-state index contributed by atoms with van der Waals surface area (Å²) in [7, 11) is 1.34. The van der Waals surface area contributed by atoms with E-state index in [0.717, 1.165) is 32.5 Å². The second-order valence-corrected chi connectivity index (χ2v) is 6.84. The van der Waals surface area contributed by atoms with Gasteiger partial charge in [0.1, 0.15) is 11.6 Å². The van der Waals surface area contributed by atoms with Crippen LogP contribution in [0.25, 0.3) is 0 Å². The Morgan fingerprint density at radius 3 is 2.17 bits per heavy atom. The van der Waals surface area contributed by atoms with Crippen LogP contribution in [-0.2, 0) is 14.3 Å².